The number of guanidine groups is 1. The molecule has 180 valence electrons. The minimum absolute atomic E-state index is 0.212. The van der Waals surface area contributed by atoms with E-state index in [1.54, 1.807) is 19.2 Å². The zero-order chi connectivity index (χ0) is 24.9. The molecule has 0 atom stereocenters. The van der Waals surface area contributed by atoms with Gasteiger partial charge in [0.15, 0.2) is 0 Å². The molecule has 4 rings (SSSR count). The van der Waals surface area contributed by atoms with Gasteiger partial charge in [-0.25, -0.2) is 9.97 Å². The largest absolute Gasteiger partial charge is 0.497 e. The number of aromatic amines is 1. The maximum absolute atomic E-state index is 12.9. The Morgan fingerprint density at radius 1 is 1.09 bits per heavy atom. The third-order valence-corrected chi connectivity index (χ3v) is 5.79. The van der Waals surface area contributed by atoms with Crippen LogP contribution in [0.3, 0.4) is 0 Å². The Bertz CT molecular complexity index is 1400. The number of ether oxygens (including phenoxy) is 1. The van der Waals surface area contributed by atoms with Gasteiger partial charge in [0.05, 0.1) is 17.7 Å². The maximum atomic E-state index is 12.9. The first-order valence-electron chi connectivity index (χ1n) is 10.9. The van der Waals surface area contributed by atoms with E-state index in [1.807, 2.05) is 44.3 Å². The quantitative estimate of drug-likeness (QED) is 0.240. The van der Waals surface area contributed by atoms with Crippen LogP contribution in [0.15, 0.2) is 53.7 Å². The molecule has 10 heteroatoms. The average molecular weight is 511 g/mol. The zero-order valence-corrected chi connectivity index (χ0v) is 21.0. The monoisotopic (exact) mass is 510 g/mol. The van der Waals surface area contributed by atoms with Gasteiger partial charge in [0.1, 0.15) is 5.75 Å². The summed E-state index contributed by atoms with van der Waals surface area (Å²) in [5.41, 5.74) is 3.95. The van der Waals surface area contributed by atoms with Crippen molar-refractivity contribution in [1.82, 2.24) is 20.3 Å². The summed E-state index contributed by atoms with van der Waals surface area (Å²) in [6, 6.07) is 12.4. The highest BCUT2D eigenvalue weighted by molar-refractivity contribution is 6.37. The number of nitrogens with zero attached hydrogens (tertiary/aromatic N) is 3. The lowest BCUT2D eigenvalue weighted by atomic mass is 10.1. The molecule has 3 N–H and O–H groups in total. The van der Waals surface area contributed by atoms with Crippen molar-refractivity contribution >= 4 is 51.9 Å². The van der Waals surface area contributed by atoms with E-state index in [-0.39, 0.29) is 16.5 Å². The second-order valence-electron chi connectivity index (χ2n) is 7.88. The molecule has 0 radical (unpaired) electrons. The molecule has 0 bridgehead atoms. The van der Waals surface area contributed by atoms with Crippen LogP contribution in [0.4, 0.5) is 5.95 Å². The Hall–Kier alpha value is -3.62. The lowest BCUT2D eigenvalue weighted by molar-refractivity contribution is 0.0977. The highest BCUT2D eigenvalue weighted by Gasteiger charge is 2.15. The smallest absolute Gasteiger partial charge is 0.259 e. The zero-order valence-electron chi connectivity index (χ0n) is 19.4. The van der Waals surface area contributed by atoms with Gasteiger partial charge in [-0.1, -0.05) is 23.2 Å². The van der Waals surface area contributed by atoms with Crippen molar-refractivity contribution in [2.24, 2.45) is 4.99 Å². The summed E-state index contributed by atoms with van der Waals surface area (Å²) in [7, 11) is 1.64. The van der Waals surface area contributed by atoms with Gasteiger partial charge in [-0.3, -0.25) is 20.4 Å². The van der Waals surface area contributed by atoms with Crippen LogP contribution in [0.1, 0.15) is 27.3 Å². The summed E-state index contributed by atoms with van der Waals surface area (Å²) in [6.07, 6.45) is 2.58. The van der Waals surface area contributed by atoms with Crippen LogP contribution in [-0.2, 0) is 6.42 Å². The van der Waals surface area contributed by atoms with E-state index in [4.69, 9.17) is 27.9 Å². The summed E-state index contributed by atoms with van der Waals surface area (Å²) >= 11 is 12.2. The molecule has 0 fully saturated rings. The van der Waals surface area contributed by atoms with E-state index < -0.39 is 5.91 Å². The van der Waals surface area contributed by atoms with Crippen molar-refractivity contribution < 1.29 is 9.53 Å². The first-order valence-corrected chi connectivity index (χ1v) is 11.6. The molecule has 0 saturated carbocycles. The first kappa shape index (κ1) is 24.5. The maximum Gasteiger partial charge on any atom is 0.259 e. The minimum Gasteiger partial charge on any atom is -0.497 e. The Morgan fingerprint density at radius 2 is 1.86 bits per heavy atom. The number of H-pyrrole nitrogens is 1. The molecular weight excluding hydrogens is 487 g/mol. The van der Waals surface area contributed by atoms with Gasteiger partial charge in [-0.15, -0.1) is 0 Å². The van der Waals surface area contributed by atoms with Gasteiger partial charge in [-0.05, 0) is 68.3 Å². The number of aliphatic imine (C=N–C) groups is 1. The predicted molar refractivity (Wildman–Crippen MR) is 140 cm³/mol. The molecule has 0 aliphatic rings. The molecule has 1 amide bonds. The van der Waals surface area contributed by atoms with Crippen molar-refractivity contribution in [3.63, 3.8) is 0 Å². The third-order valence-electron chi connectivity index (χ3n) is 5.25. The second-order valence-corrected chi connectivity index (χ2v) is 8.73. The molecule has 0 saturated heterocycles. The number of benzene rings is 2. The van der Waals surface area contributed by atoms with Crippen LogP contribution >= 0.6 is 23.2 Å². The summed E-state index contributed by atoms with van der Waals surface area (Å²) < 4.78 is 5.35. The van der Waals surface area contributed by atoms with Crippen LogP contribution < -0.4 is 15.4 Å². The number of anilines is 1. The number of amides is 1. The van der Waals surface area contributed by atoms with Gasteiger partial charge < -0.3 is 9.72 Å². The Balaban J connectivity index is 1.57. The van der Waals surface area contributed by atoms with E-state index in [9.17, 15) is 4.79 Å². The molecule has 4 aromatic rings. The van der Waals surface area contributed by atoms with Crippen LogP contribution in [0.5, 0.6) is 5.75 Å². The van der Waals surface area contributed by atoms with E-state index >= 15 is 0 Å². The van der Waals surface area contributed by atoms with E-state index in [0.29, 0.717) is 23.9 Å². The standard InChI is InChI=1S/C25H24Cl2N6O2/c1-14-10-15(2)31-25(30-14)33-24(32-23(34)19-6-4-17(26)11-21(19)27)28-9-8-16-13-29-22-7-5-18(35-3)12-20(16)22/h4-7,10-13,29H,8-9H2,1-3H3,(H2,28,30,31,32,33,34). The van der Waals surface area contributed by atoms with Crippen molar-refractivity contribution in [3.8, 4) is 5.75 Å². The number of aromatic nitrogens is 3. The molecule has 0 unspecified atom stereocenters. The molecule has 2 aromatic carbocycles. The van der Waals surface area contributed by atoms with Gasteiger partial charge in [0, 0.05) is 40.1 Å². The lowest BCUT2D eigenvalue weighted by Gasteiger charge is -2.12. The Morgan fingerprint density at radius 3 is 2.57 bits per heavy atom. The van der Waals surface area contributed by atoms with Crippen LogP contribution in [0.25, 0.3) is 10.9 Å². The number of carbonyl (C=O) groups excluding carboxylic acids is 1. The number of aryl methyl sites for hydroxylation is 2. The number of fused-ring (bicyclic) bond motifs is 1. The normalized spacial score (nSPS) is 11.5. The Kier molecular flexibility index (Phi) is 7.53. The summed E-state index contributed by atoms with van der Waals surface area (Å²) in [5.74, 6) is 0.895. The van der Waals surface area contributed by atoms with E-state index in [2.05, 4.69) is 30.6 Å². The molecule has 2 heterocycles. The molecule has 2 aromatic heterocycles. The van der Waals surface area contributed by atoms with Crippen molar-refractivity contribution in [2.45, 2.75) is 20.3 Å². The van der Waals surface area contributed by atoms with E-state index in [1.165, 1.54) is 6.07 Å². The number of nitrogens with one attached hydrogen (secondary N) is 3. The SMILES string of the molecule is COc1ccc2[nH]cc(CCN=C(NC(=O)c3ccc(Cl)cc3Cl)Nc3nc(C)cc(C)n3)c2c1. The first-order chi connectivity index (χ1) is 16.8. The summed E-state index contributed by atoms with van der Waals surface area (Å²) in [4.78, 5) is 29.6. The van der Waals surface area contributed by atoms with Gasteiger partial charge in [0.2, 0.25) is 11.9 Å². The number of halogens is 2. The number of hydrogen-bond donors (Lipinski definition) is 3. The molecule has 0 aliphatic carbocycles. The highest BCUT2D eigenvalue weighted by Crippen LogP contribution is 2.24. The van der Waals surface area contributed by atoms with Crippen molar-refractivity contribution in [1.29, 1.82) is 0 Å². The fraction of sp³-hybridized carbons (Fsp3) is 0.200. The molecule has 0 aliphatic heterocycles. The highest BCUT2D eigenvalue weighted by atomic mass is 35.5. The van der Waals surface area contributed by atoms with Gasteiger partial charge >= 0.3 is 0 Å². The fourth-order valence-electron chi connectivity index (χ4n) is 3.63. The van der Waals surface area contributed by atoms with Crippen LogP contribution in [0.2, 0.25) is 10.0 Å². The second kappa shape index (κ2) is 10.8. The molecule has 0 spiro atoms. The predicted octanol–water partition coefficient (Wildman–Crippen LogP) is 5.33. The van der Waals surface area contributed by atoms with Crippen molar-refractivity contribution in [2.75, 3.05) is 19.0 Å². The number of hydrogen-bond acceptors (Lipinski definition) is 5. The minimum atomic E-state index is -0.431. The molecule has 35 heavy (non-hydrogen) atoms. The molecule has 8 nitrogen and oxygen atoms in total. The topological polar surface area (TPSA) is 104 Å². The summed E-state index contributed by atoms with van der Waals surface area (Å²) in [6.45, 7) is 4.13. The summed E-state index contributed by atoms with van der Waals surface area (Å²) in [5, 5.41) is 7.55. The van der Waals surface area contributed by atoms with Gasteiger partial charge in [0.25, 0.3) is 5.91 Å². The van der Waals surface area contributed by atoms with Crippen molar-refractivity contribution in [3.05, 3.63) is 81.2 Å². The number of methoxy groups -OCH3 is 1. The number of rotatable bonds is 6. The van der Waals surface area contributed by atoms with E-state index in [0.717, 1.165) is 33.6 Å². The van der Waals surface area contributed by atoms with Crippen LogP contribution in [0, 0.1) is 13.8 Å². The Labute approximate surface area is 212 Å². The third kappa shape index (κ3) is 6.09. The number of carbonyl (C=O) groups is 1. The average Bonchev–Trinajstić information content (AvgIpc) is 3.20. The van der Waals surface area contributed by atoms with Gasteiger partial charge in [-0.2, -0.15) is 0 Å². The van der Waals surface area contributed by atoms with Crippen LogP contribution in [-0.4, -0.2) is 40.5 Å². The lowest BCUT2D eigenvalue weighted by Crippen LogP contribution is -2.37. The molecular formula is C25H24Cl2N6O2. The fourth-order valence-corrected chi connectivity index (χ4v) is 4.12.